The second-order valence-electron chi connectivity index (χ2n) is 3.39. The van der Waals surface area contributed by atoms with E-state index in [-0.39, 0.29) is 0 Å². The third kappa shape index (κ3) is 4.52. The smallest absolute Gasteiger partial charge is 0.377 e. The van der Waals surface area contributed by atoms with Gasteiger partial charge in [-0.2, -0.15) is 0 Å². The van der Waals surface area contributed by atoms with Crippen molar-refractivity contribution in [2.75, 3.05) is 34.4 Å². The average Bonchev–Trinajstić information content (AvgIpc) is 2.17. The lowest BCUT2D eigenvalue weighted by atomic mass is 10.2. The van der Waals surface area contributed by atoms with E-state index in [0.29, 0.717) is 12.5 Å². The van der Waals surface area contributed by atoms with Crippen LogP contribution >= 0.6 is 0 Å². The molecule has 0 aliphatic rings. The van der Waals surface area contributed by atoms with E-state index in [1.165, 1.54) is 0 Å². The van der Waals surface area contributed by atoms with Crippen LogP contribution in [0.5, 0.6) is 0 Å². The lowest BCUT2D eigenvalue weighted by Crippen LogP contribution is -2.46. The molecule has 0 bridgehead atoms. The van der Waals surface area contributed by atoms with Crippen LogP contribution in [0.1, 0.15) is 13.8 Å². The zero-order valence-electron chi connectivity index (χ0n) is 9.92. The van der Waals surface area contributed by atoms with Gasteiger partial charge < -0.3 is 18.6 Å². The van der Waals surface area contributed by atoms with Crippen LogP contribution in [0.4, 0.5) is 0 Å². The van der Waals surface area contributed by atoms with Crippen molar-refractivity contribution in [3.05, 3.63) is 0 Å². The van der Waals surface area contributed by atoms with E-state index in [2.05, 4.69) is 12.2 Å². The second-order valence-corrected chi connectivity index (χ2v) is 6.27. The van der Waals surface area contributed by atoms with Crippen molar-refractivity contribution in [1.29, 1.82) is 0 Å². The fraction of sp³-hybridized carbons (Fsp3) is 1.00. The molecule has 1 unspecified atom stereocenters. The number of rotatable bonds is 8. The maximum absolute atomic E-state index is 5.61. The number of nitrogens with one attached hydrogen (secondary N) is 1. The summed E-state index contributed by atoms with van der Waals surface area (Å²) in [6, 6.07) is 0.856. The maximum Gasteiger partial charge on any atom is 0.500 e. The minimum absolute atomic E-state index is 0.498. The third-order valence-electron chi connectivity index (χ3n) is 2.14. The summed E-state index contributed by atoms with van der Waals surface area (Å²) in [6.07, 6.45) is 0. The predicted molar refractivity (Wildman–Crippen MR) is 59.3 cm³/mol. The zero-order valence-corrected chi connectivity index (χ0v) is 10.9. The molecule has 0 spiro atoms. The maximum atomic E-state index is 5.61. The van der Waals surface area contributed by atoms with Crippen LogP contribution < -0.4 is 5.32 Å². The first-order valence-corrected chi connectivity index (χ1v) is 6.96. The average molecular weight is 221 g/mol. The highest BCUT2D eigenvalue weighted by molar-refractivity contribution is 6.60. The summed E-state index contributed by atoms with van der Waals surface area (Å²) in [6.45, 7) is 5.71. The van der Waals surface area contributed by atoms with Crippen molar-refractivity contribution >= 4 is 8.80 Å². The predicted octanol–water partition coefficient (Wildman–Crippen LogP) is 1.11. The van der Waals surface area contributed by atoms with Gasteiger partial charge in [0.2, 0.25) is 0 Å². The van der Waals surface area contributed by atoms with Crippen molar-refractivity contribution in [1.82, 2.24) is 5.32 Å². The summed E-state index contributed by atoms with van der Waals surface area (Å²) in [5, 5.41) is 3.14. The Kier molecular flexibility index (Phi) is 7.39. The standard InChI is InChI=1S/C9H23NO3Si/c1-6-13-14(11-4,12-5)8-9(2)7-10-3/h9-10H,6-8H2,1-5H3. The topological polar surface area (TPSA) is 39.7 Å². The highest BCUT2D eigenvalue weighted by atomic mass is 28.4. The molecule has 0 radical (unpaired) electrons. The molecule has 4 nitrogen and oxygen atoms in total. The normalized spacial score (nSPS) is 14.4. The summed E-state index contributed by atoms with van der Waals surface area (Å²) in [5.74, 6) is 0.498. The minimum Gasteiger partial charge on any atom is -0.377 e. The molecular weight excluding hydrogens is 198 g/mol. The van der Waals surface area contributed by atoms with Crippen LogP contribution in [0.25, 0.3) is 0 Å². The van der Waals surface area contributed by atoms with Gasteiger partial charge in [-0.3, -0.25) is 0 Å². The minimum atomic E-state index is -2.38. The van der Waals surface area contributed by atoms with Gasteiger partial charge >= 0.3 is 8.80 Å². The van der Waals surface area contributed by atoms with E-state index in [4.69, 9.17) is 13.3 Å². The highest BCUT2D eigenvalue weighted by Crippen LogP contribution is 2.19. The molecular formula is C9H23NO3Si. The lowest BCUT2D eigenvalue weighted by Gasteiger charge is -2.28. The van der Waals surface area contributed by atoms with Crippen LogP contribution in [-0.4, -0.2) is 43.2 Å². The molecule has 0 fully saturated rings. The van der Waals surface area contributed by atoms with Crippen molar-refractivity contribution in [2.45, 2.75) is 19.9 Å². The van der Waals surface area contributed by atoms with Gasteiger partial charge in [-0.1, -0.05) is 6.92 Å². The Hall–Kier alpha value is 0.0569. The van der Waals surface area contributed by atoms with Crippen molar-refractivity contribution in [3.63, 3.8) is 0 Å². The zero-order chi connectivity index (χ0) is 11.0. The van der Waals surface area contributed by atoms with Crippen LogP contribution in [0.15, 0.2) is 0 Å². The molecule has 0 saturated heterocycles. The fourth-order valence-corrected chi connectivity index (χ4v) is 3.79. The molecule has 0 heterocycles. The van der Waals surface area contributed by atoms with Crippen LogP contribution in [0, 0.1) is 5.92 Å². The molecule has 14 heavy (non-hydrogen) atoms. The molecule has 0 aromatic heterocycles. The van der Waals surface area contributed by atoms with Crippen LogP contribution in [0.3, 0.4) is 0 Å². The van der Waals surface area contributed by atoms with Crippen LogP contribution in [0.2, 0.25) is 6.04 Å². The van der Waals surface area contributed by atoms with Gasteiger partial charge in [-0.15, -0.1) is 0 Å². The van der Waals surface area contributed by atoms with Gasteiger partial charge in [-0.25, -0.2) is 0 Å². The van der Waals surface area contributed by atoms with Gasteiger partial charge in [0, 0.05) is 26.9 Å². The third-order valence-corrected chi connectivity index (χ3v) is 5.31. The summed E-state index contributed by atoms with van der Waals surface area (Å²) in [7, 11) is 2.89. The molecule has 1 N–H and O–H groups in total. The Balaban J connectivity index is 4.18. The lowest BCUT2D eigenvalue weighted by molar-refractivity contribution is 0.0995. The Morgan fingerprint density at radius 3 is 2.21 bits per heavy atom. The van der Waals surface area contributed by atoms with Crippen molar-refractivity contribution in [2.24, 2.45) is 5.92 Å². The van der Waals surface area contributed by atoms with Gasteiger partial charge in [0.15, 0.2) is 0 Å². The molecule has 0 saturated carbocycles. The Morgan fingerprint density at radius 2 is 1.86 bits per heavy atom. The highest BCUT2D eigenvalue weighted by Gasteiger charge is 2.39. The van der Waals surface area contributed by atoms with E-state index in [0.717, 1.165) is 12.6 Å². The van der Waals surface area contributed by atoms with E-state index >= 15 is 0 Å². The fourth-order valence-electron chi connectivity index (χ4n) is 1.49. The Morgan fingerprint density at radius 1 is 1.29 bits per heavy atom. The molecule has 86 valence electrons. The van der Waals surface area contributed by atoms with Crippen molar-refractivity contribution in [3.8, 4) is 0 Å². The second kappa shape index (κ2) is 7.36. The largest absolute Gasteiger partial charge is 0.500 e. The van der Waals surface area contributed by atoms with E-state index < -0.39 is 8.80 Å². The van der Waals surface area contributed by atoms with Crippen molar-refractivity contribution < 1.29 is 13.3 Å². The number of hydrogen-bond donors (Lipinski definition) is 1. The first kappa shape index (κ1) is 14.1. The van der Waals surface area contributed by atoms with Crippen LogP contribution in [-0.2, 0) is 13.3 Å². The molecule has 0 aliphatic carbocycles. The molecule has 0 aliphatic heterocycles. The Bertz CT molecular complexity index is 142. The first-order valence-electron chi connectivity index (χ1n) is 5.03. The summed E-state index contributed by atoms with van der Waals surface area (Å²) in [4.78, 5) is 0. The van der Waals surface area contributed by atoms with E-state index in [9.17, 15) is 0 Å². The summed E-state index contributed by atoms with van der Waals surface area (Å²) >= 11 is 0. The molecule has 0 amide bonds. The molecule has 0 rings (SSSR count). The first-order chi connectivity index (χ1) is 6.64. The molecule has 0 aromatic carbocycles. The molecule has 5 heteroatoms. The van der Waals surface area contributed by atoms with E-state index in [1.807, 2.05) is 14.0 Å². The summed E-state index contributed by atoms with van der Waals surface area (Å²) < 4.78 is 16.4. The number of hydrogen-bond acceptors (Lipinski definition) is 4. The van der Waals surface area contributed by atoms with E-state index in [1.54, 1.807) is 14.2 Å². The molecule has 0 aromatic rings. The SMILES string of the molecule is CCO[Si](CC(C)CNC)(OC)OC. The van der Waals surface area contributed by atoms with Gasteiger partial charge in [0.25, 0.3) is 0 Å². The summed E-state index contributed by atoms with van der Waals surface area (Å²) in [5.41, 5.74) is 0. The van der Waals surface area contributed by atoms with Gasteiger partial charge in [0.1, 0.15) is 0 Å². The van der Waals surface area contributed by atoms with Gasteiger partial charge in [-0.05, 0) is 26.4 Å². The quantitative estimate of drug-likeness (QED) is 0.623. The van der Waals surface area contributed by atoms with Gasteiger partial charge in [0.05, 0.1) is 0 Å². The molecule has 1 atom stereocenters. The Labute approximate surface area is 88.3 Å². The monoisotopic (exact) mass is 221 g/mol.